The van der Waals surface area contributed by atoms with Gasteiger partial charge >= 0.3 is 0 Å². The van der Waals surface area contributed by atoms with Crippen molar-refractivity contribution in [2.75, 3.05) is 5.32 Å². The topological polar surface area (TPSA) is 54.9 Å². The van der Waals surface area contributed by atoms with E-state index in [0.29, 0.717) is 16.6 Å². The van der Waals surface area contributed by atoms with E-state index >= 15 is 0 Å². The Kier molecular flexibility index (Phi) is 4.06. The number of anilines is 1. The maximum atomic E-state index is 12.0. The molecule has 1 heterocycles. The van der Waals surface area contributed by atoms with Gasteiger partial charge in [0.05, 0.1) is 0 Å². The molecular weight excluding hydrogens is 270 g/mol. The lowest BCUT2D eigenvalue weighted by Crippen LogP contribution is -2.11. The van der Waals surface area contributed by atoms with Gasteiger partial charge in [-0.25, -0.2) is 0 Å². The van der Waals surface area contributed by atoms with Crippen LogP contribution in [-0.2, 0) is 0 Å². The monoisotopic (exact) mass is 287 g/mol. The minimum atomic E-state index is -0.128. The first-order valence-electron chi connectivity index (χ1n) is 7.03. The van der Waals surface area contributed by atoms with Crippen LogP contribution in [0.1, 0.15) is 53.4 Å². The third-order valence-electron chi connectivity index (χ3n) is 3.65. The van der Waals surface area contributed by atoms with E-state index in [-0.39, 0.29) is 5.91 Å². The largest absolute Gasteiger partial charge is 0.296 e. The number of nitrogens with one attached hydrogen (secondary N) is 1. The molecule has 0 aliphatic heterocycles. The average Bonchev–Trinajstić information content (AvgIpc) is 2.97. The van der Waals surface area contributed by atoms with Crippen LogP contribution >= 0.6 is 11.3 Å². The Labute approximate surface area is 122 Å². The van der Waals surface area contributed by atoms with Gasteiger partial charge in [0.2, 0.25) is 5.13 Å². The van der Waals surface area contributed by atoms with E-state index in [4.69, 9.17) is 0 Å². The Bertz CT molecular complexity index is 576. The SMILES string of the molecule is O=C(Nc1nnc(C2CCCCC2)s1)c1ccccc1. The Balaban J connectivity index is 1.66. The molecule has 2 aromatic rings. The molecule has 0 saturated heterocycles. The maximum absolute atomic E-state index is 12.0. The van der Waals surface area contributed by atoms with Crippen molar-refractivity contribution in [3.05, 3.63) is 40.9 Å². The molecule has 4 nitrogen and oxygen atoms in total. The summed E-state index contributed by atoms with van der Waals surface area (Å²) in [5.74, 6) is 0.403. The zero-order valence-electron chi connectivity index (χ0n) is 11.2. The van der Waals surface area contributed by atoms with Crippen molar-refractivity contribution in [1.29, 1.82) is 0 Å². The van der Waals surface area contributed by atoms with E-state index in [1.54, 1.807) is 12.1 Å². The lowest BCUT2D eigenvalue weighted by atomic mass is 9.90. The van der Waals surface area contributed by atoms with E-state index in [1.165, 1.54) is 43.4 Å². The number of rotatable bonds is 3. The lowest BCUT2D eigenvalue weighted by Gasteiger charge is -2.18. The van der Waals surface area contributed by atoms with E-state index in [0.717, 1.165) is 5.01 Å². The molecule has 5 heteroatoms. The van der Waals surface area contributed by atoms with Crippen LogP contribution in [0.2, 0.25) is 0 Å². The highest BCUT2D eigenvalue weighted by molar-refractivity contribution is 7.15. The molecule has 1 amide bonds. The number of hydrogen-bond donors (Lipinski definition) is 1. The molecule has 1 aromatic carbocycles. The molecule has 0 spiro atoms. The number of benzene rings is 1. The van der Waals surface area contributed by atoms with Gasteiger partial charge in [-0.1, -0.05) is 48.8 Å². The zero-order valence-corrected chi connectivity index (χ0v) is 12.0. The Morgan fingerprint density at radius 3 is 2.60 bits per heavy atom. The number of nitrogens with zero attached hydrogens (tertiary/aromatic N) is 2. The van der Waals surface area contributed by atoms with E-state index in [9.17, 15) is 4.79 Å². The molecule has 0 unspecified atom stereocenters. The highest BCUT2D eigenvalue weighted by atomic mass is 32.1. The van der Waals surface area contributed by atoms with Gasteiger partial charge in [-0.05, 0) is 25.0 Å². The van der Waals surface area contributed by atoms with Crippen LogP contribution in [0.3, 0.4) is 0 Å². The highest BCUT2D eigenvalue weighted by Crippen LogP contribution is 2.35. The van der Waals surface area contributed by atoms with Crippen molar-refractivity contribution >= 4 is 22.4 Å². The van der Waals surface area contributed by atoms with Gasteiger partial charge in [-0.2, -0.15) is 0 Å². The van der Waals surface area contributed by atoms with Gasteiger partial charge < -0.3 is 0 Å². The number of hydrogen-bond acceptors (Lipinski definition) is 4. The first-order chi connectivity index (χ1) is 9.83. The van der Waals surface area contributed by atoms with Gasteiger partial charge in [0, 0.05) is 11.5 Å². The molecule has 1 N–H and O–H groups in total. The van der Waals surface area contributed by atoms with Crippen LogP contribution in [0, 0.1) is 0 Å². The number of carbonyl (C=O) groups is 1. The fourth-order valence-corrected chi connectivity index (χ4v) is 3.47. The summed E-state index contributed by atoms with van der Waals surface area (Å²) < 4.78 is 0. The minimum absolute atomic E-state index is 0.128. The molecule has 0 radical (unpaired) electrons. The summed E-state index contributed by atoms with van der Waals surface area (Å²) in [6.07, 6.45) is 6.27. The summed E-state index contributed by atoms with van der Waals surface area (Å²) >= 11 is 1.51. The first kappa shape index (κ1) is 13.2. The molecule has 1 saturated carbocycles. The fraction of sp³-hybridized carbons (Fsp3) is 0.400. The van der Waals surface area contributed by atoms with Crippen LogP contribution in [-0.4, -0.2) is 16.1 Å². The predicted molar refractivity (Wildman–Crippen MR) is 80.1 cm³/mol. The Morgan fingerprint density at radius 2 is 1.85 bits per heavy atom. The molecular formula is C15H17N3OS. The molecule has 0 bridgehead atoms. The molecule has 0 atom stereocenters. The second-order valence-electron chi connectivity index (χ2n) is 5.10. The van der Waals surface area contributed by atoms with Crippen molar-refractivity contribution in [2.45, 2.75) is 38.0 Å². The molecule has 1 aliphatic carbocycles. The Morgan fingerprint density at radius 1 is 1.10 bits per heavy atom. The summed E-state index contributed by atoms with van der Waals surface area (Å²) in [6.45, 7) is 0. The number of amides is 1. The van der Waals surface area contributed by atoms with Crippen molar-refractivity contribution in [3.8, 4) is 0 Å². The van der Waals surface area contributed by atoms with Gasteiger partial charge in [0.15, 0.2) is 0 Å². The number of aromatic nitrogens is 2. The van der Waals surface area contributed by atoms with Gasteiger partial charge in [-0.3, -0.25) is 10.1 Å². The minimum Gasteiger partial charge on any atom is -0.296 e. The second kappa shape index (κ2) is 6.13. The summed E-state index contributed by atoms with van der Waals surface area (Å²) in [4.78, 5) is 12.0. The lowest BCUT2D eigenvalue weighted by molar-refractivity contribution is 0.102. The average molecular weight is 287 g/mol. The molecule has 3 rings (SSSR count). The third-order valence-corrected chi connectivity index (χ3v) is 4.65. The second-order valence-corrected chi connectivity index (χ2v) is 6.11. The van der Waals surface area contributed by atoms with Crippen LogP contribution < -0.4 is 5.32 Å². The third kappa shape index (κ3) is 3.04. The zero-order chi connectivity index (χ0) is 13.8. The Hall–Kier alpha value is -1.75. The van der Waals surface area contributed by atoms with Crippen LogP contribution in [0.5, 0.6) is 0 Å². The molecule has 20 heavy (non-hydrogen) atoms. The molecule has 1 aromatic heterocycles. The standard InChI is InChI=1S/C15H17N3OS/c19-13(11-7-3-1-4-8-11)16-15-18-17-14(20-15)12-9-5-2-6-10-12/h1,3-4,7-8,12H,2,5-6,9-10H2,(H,16,18,19). The van der Waals surface area contributed by atoms with E-state index in [1.807, 2.05) is 18.2 Å². The fourth-order valence-electron chi connectivity index (χ4n) is 2.56. The predicted octanol–water partition coefficient (Wildman–Crippen LogP) is 3.84. The molecule has 1 fully saturated rings. The molecule has 1 aliphatic rings. The van der Waals surface area contributed by atoms with Crippen molar-refractivity contribution in [1.82, 2.24) is 10.2 Å². The smallest absolute Gasteiger partial charge is 0.257 e. The first-order valence-corrected chi connectivity index (χ1v) is 7.84. The van der Waals surface area contributed by atoms with Crippen LogP contribution in [0.15, 0.2) is 30.3 Å². The van der Waals surface area contributed by atoms with E-state index in [2.05, 4.69) is 15.5 Å². The van der Waals surface area contributed by atoms with Gasteiger partial charge in [0.25, 0.3) is 5.91 Å². The number of carbonyl (C=O) groups excluding carboxylic acids is 1. The summed E-state index contributed by atoms with van der Waals surface area (Å²) in [5.41, 5.74) is 0.641. The van der Waals surface area contributed by atoms with Gasteiger partial charge in [0.1, 0.15) is 5.01 Å². The van der Waals surface area contributed by atoms with Gasteiger partial charge in [-0.15, -0.1) is 10.2 Å². The summed E-state index contributed by atoms with van der Waals surface area (Å²) in [6, 6.07) is 9.17. The highest BCUT2D eigenvalue weighted by Gasteiger charge is 2.20. The normalized spacial score (nSPS) is 16.0. The quantitative estimate of drug-likeness (QED) is 0.933. The molecule has 104 valence electrons. The van der Waals surface area contributed by atoms with E-state index < -0.39 is 0 Å². The van der Waals surface area contributed by atoms with Crippen molar-refractivity contribution in [3.63, 3.8) is 0 Å². The maximum Gasteiger partial charge on any atom is 0.257 e. The van der Waals surface area contributed by atoms with Crippen molar-refractivity contribution < 1.29 is 4.79 Å². The van der Waals surface area contributed by atoms with Crippen LogP contribution in [0.25, 0.3) is 0 Å². The summed E-state index contributed by atoms with van der Waals surface area (Å²) in [5, 5.41) is 12.8. The summed E-state index contributed by atoms with van der Waals surface area (Å²) in [7, 11) is 0. The van der Waals surface area contributed by atoms with Crippen LogP contribution in [0.4, 0.5) is 5.13 Å². The van der Waals surface area contributed by atoms with Crippen molar-refractivity contribution in [2.24, 2.45) is 0 Å².